The van der Waals surface area contributed by atoms with Gasteiger partial charge in [0.15, 0.2) is 0 Å². The molecule has 2 atom stereocenters. The van der Waals surface area contributed by atoms with Crippen LogP contribution in [0.25, 0.3) is 44.1 Å². The van der Waals surface area contributed by atoms with E-state index in [0.29, 0.717) is 55.2 Å². The molecule has 76 heavy (non-hydrogen) atoms. The predicted molar refractivity (Wildman–Crippen MR) is 292 cm³/mol. The van der Waals surface area contributed by atoms with E-state index < -0.39 is 31.9 Å². The first-order valence-corrected chi connectivity index (χ1v) is 26.9. The summed E-state index contributed by atoms with van der Waals surface area (Å²) in [6.45, 7) is 7.22. The van der Waals surface area contributed by atoms with Crippen LogP contribution in [0.1, 0.15) is 25.0 Å². The van der Waals surface area contributed by atoms with Gasteiger partial charge in [-0.2, -0.15) is 0 Å². The Kier molecular flexibility index (Phi) is 17.1. The van der Waals surface area contributed by atoms with Crippen molar-refractivity contribution in [3.05, 3.63) is 152 Å². The number of methoxy groups -OCH3 is 2. The van der Waals surface area contributed by atoms with Crippen LogP contribution in [-0.4, -0.2) is 86.0 Å². The van der Waals surface area contributed by atoms with Crippen LogP contribution in [0.15, 0.2) is 129 Å². The molecule has 0 aliphatic heterocycles. The Labute approximate surface area is 447 Å². The number of rotatable bonds is 16. The van der Waals surface area contributed by atoms with Gasteiger partial charge in [0, 0.05) is 50.7 Å². The molecule has 0 radical (unpaired) electrons. The predicted octanol–water partition coefficient (Wildman–Crippen LogP) is 7.22. The molecule has 8 rings (SSSR count). The maximum Gasteiger partial charge on any atom is 0.263 e. The van der Waals surface area contributed by atoms with Crippen LogP contribution in [0.3, 0.4) is 0 Å². The second kappa shape index (κ2) is 23.3. The Hall–Kier alpha value is -7.92. The molecule has 0 aliphatic rings. The summed E-state index contributed by atoms with van der Waals surface area (Å²) in [5.41, 5.74) is 4.10. The molecule has 396 valence electrons. The number of anilines is 2. The first-order valence-electron chi connectivity index (χ1n) is 23.2. The number of pyridine rings is 2. The van der Waals surface area contributed by atoms with Gasteiger partial charge >= 0.3 is 0 Å². The first kappa shape index (κ1) is 55.8. The minimum atomic E-state index is -4.06. The van der Waals surface area contributed by atoms with Crippen LogP contribution in [0.5, 0.6) is 11.8 Å². The summed E-state index contributed by atoms with van der Waals surface area (Å²) in [6.07, 6.45) is 5.87. The molecule has 4 aromatic carbocycles. The SMILES string of the molecule is CNC(=O)[C@@H](C)Cn1cnc2ccc(-c3cnc(OC)c(NS(=O)(=O)c4cccc(C)c4Cl)c3)cc2c1=O.CNC(=O)[C@H](C)Cn1cnc2ccc(-c3cnc(OC)c(NS(=O)(=O)c4cccc(C)c4Cl)c3)cc2c1=O. The third kappa shape index (κ3) is 12.1. The number of hydrogen-bond acceptors (Lipinski definition) is 14. The van der Waals surface area contributed by atoms with Crippen LogP contribution < -0.4 is 40.7 Å². The fourth-order valence-electron chi connectivity index (χ4n) is 7.93. The topological polar surface area (TPSA) is 265 Å². The summed E-state index contributed by atoms with van der Waals surface area (Å²) in [6, 6.07) is 22.8. The van der Waals surface area contributed by atoms with Crippen LogP contribution in [-0.2, 0) is 42.7 Å². The Morgan fingerprint density at radius 2 is 0.961 bits per heavy atom. The van der Waals surface area contributed by atoms with E-state index in [-0.39, 0.29) is 79.0 Å². The lowest BCUT2D eigenvalue weighted by molar-refractivity contribution is -0.125. The summed E-state index contributed by atoms with van der Waals surface area (Å²) in [4.78, 5) is 67.3. The van der Waals surface area contributed by atoms with Crippen LogP contribution in [0, 0.1) is 25.7 Å². The van der Waals surface area contributed by atoms with Gasteiger partial charge in [0.25, 0.3) is 31.2 Å². The van der Waals surface area contributed by atoms with Gasteiger partial charge in [0.05, 0.1) is 70.6 Å². The highest BCUT2D eigenvalue weighted by molar-refractivity contribution is 7.93. The minimum Gasteiger partial charge on any atom is -0.480 e. The molecule has 4 heterocycles. The fraction of sp³-hybridized carbons (Fsp3) is 0.231. The number of ether oxygens (including phenoxy) is 2. The van der Waals surface area contributed by atoms with Gasteiger partial charge in [0.1, 0.15) is 21.2 Å². The van der Waals surface area contributed by atoms with E-state index >= 15 is 0 Å². The third-order valence-corrected chi connectivity index (χ3v) is 16.2. The lowest BCUT2D eigenvalue weighted by Crippen LogP contribution is -2.32. The molecule has 24 heteroatoms. The number of benzene rings is 4. The normalized spacial score (nSPS) is 12.2. The van der Waals surface area contributed by atoms with Crippen molar-refractivity contribution in [1.82, 2.24) is 39.7 Å². The highest BCUT2D eigenvalue weighted by atomic mass is 35.5. The summed E-state index contributed by atoms with van der Waals surface area (Å²) < 4.78 is 70.9. The number of hydrogen-bond donors (Lipinski definition) is 4. The monoisotopic (exact) mass is 1110 g/mol. The molecule has 4 aromatic heterocycles. The second-order valence-corrected chi connectivity index (χ2v) is 21.5. The lowest BCUT2D eigenvalue weighted by Gasteiger charge is -2.14. The molecule has 0 fully saturated rings. The molecule has 0 spiro atoms. The molecule has 8 aromatic rings. The van der Waals surface area contributed by atoms with Gasteiger partial charge in [-0.1, -0.05) is 73.4 Å². The summed E-state index contributed by atoms with van der Waals surface area (Å²) in [5, 5.41) is 6.07. The molecule has 0 unspecified atom stereocenters. The Morgan fingerprint density at radius 1 is 0.579 bits per heavy atom. The molecule has 4 N–H and O–H groups in total. The minimum absolute atomic E-state index is 0.0640. The average Bonchev–Trinajstić information content (AvgIpc) is 3.40. The fourth-order valence-corrected chi connectivity index (χ4v) is 11.2. The number of carbonyl (C=O) groups excluding carboxylic acids is 2. The zero-order chi connectivity index (χ0) is 55.2. The number of carbonyl (C=O) groups is 2. The number of nitrogens with zero attached hydrogens (tertiary/aromatic N) is 6. The van der Waals surface area contributed by atoms with Crippen molar-refractivity contribution in [3.63, 3.8) is 0 Å². The number of sulfonamides is 2. The van der Waals surface area contributed by atoms with Crippen molar-refractivity contribution in [1.29, 1.82) is 0 Å². The van der Waals surface area contributed by atoms with Gasteiger partial charge in [-0.25, -0.2) is 36.8 Å². The Balaban J connectivity index is 0.000000221. The van der Waals surface area contributed by atoms with Gasteiger partial charge in [-0.05, 0) is 84.6 Å². The van der Waals surface area contributed by atoms with Gasteiger partial charge in [0.2, 0.25) is 23.6 Å². The number of aryl methyl sites for hydroxylation is 2. The molecular weight excluding hydrogens is 1060 g/mol. The van der Waals surface area contributed by atoms with Gasteiger partial charge in [-0.15, -0.1) is 0 Å². The van der Waals surface area contributed by atoms with Crippen molar-refractivity contribution in [2.45, 2.75) is 50.6 Å². The summed E-state index contributed by atoms with van der Waals surface area (Å²) >= 11 is 12.5. The summed E-state index contributed by atoms with van der Waals surface area (Å²) in [5.74, 6) is -1.09. The third-order valence-electron chi connectivity index (χ3n) is 12.1. The van der Waals surface area contributed by atoms with Crippen molar-refractivity contribution in [2.75, 3.05) is 37.8 Å². The zero-order valence-electron chi connectivity index (χ0n) is 42.3. The largest absolute Gasteiger partial charge is 0.480 e. The van der Waals surface area contributed by atoms with E-state index in [0.717, 1.165) is 0 Å². The number of amides is 2. The highest BCUT2D eigenvalue weighted by Crippen LogP contribution is 2.35. The Morgan fingerprint density at radius 3 is 1.32 bits per heavy atom. The smallest absolute Gasteiger partial charge is 0.263 e. The maximum absolute atomic E-state index is 13.2. The van der Waals surface area contributed by atoms with Crippen LogP contribution in [0.2, 0.25) is 10.0 Å². The molecule has 0 bridgehead atoms. The number of fused-ring (bicyclic) bond motifs is 2. The highest BCUT2D eigenvalue weighted by Gasteiger charge is 2.24. The van der Waals surface area contributed by atoms with Crippen molar-refractivity contribution in [2.24, 2.45) is 11.8 Å². The number of aromatic nitrogens is 6. The lowest BCUT2D eigenvalue weighted by atomic mass is 10.0. The van der Waals surface area contributed by atoms with E-state index in [4.69, 9.17) is 32.7 Å². The van der Waals surface area contributed by atoms with E-state index in [1.165, 1.54) is 60.5 Å². The quantitative estimate of drug-likeness (QED) is 0.0744. The molecule has 0 saturated heterocycles. The van der Waals surface area contributed by atoms with E-state index in [2.05, 4.69) is 40.0 Å². The number of nitrogens with one attached hydrogen (secondary N) is 4. The maximum atomic E-state index is 13.2. The van der Waals surface area contributed by atoms with Crippen molar-refractivity contribution < 1.29 is 35.9 Å². The molecule has 2 amide bonds. The standard InChI is InChI=1S/2C26H26ClN5O5S/c2*1-15-6-5-7-22(23(15)27)38(35,36)31-21-11-18(12-29-25(21)37-4)17-8-9-20-19(10-17)26(34)32(14-30-20)13-16(2)24(33)28-3/h2*5-12,14,16,31H,13H2,1-4H3,(H,28,33)/t2*16-/m10/s1. The molecule has 0 saturated carbocycles. The van der Waals surface area contributed by atoms with E-state index in [1.807, 2.05) is 0 Å². The second-order valence-electron chi connectivity index (χ2n) is 17.4. The Bertz CT molecular complexity index is 3660. The van der Waals surface area contributed by atoms with Crippen molar-refractivity contribution >= 4 is 88.2 Å². The molecule has 20 nitrogen and oxygen atoms in total. The number of halogens is 2. The van der Waals surface area contributed by atoms with Gasteiger partial charge in [-0.3, -0.25) is 37.8 Å². The van der Waals surface area contributed by atoms with E-state index in [1.54, 1.807) is 115 Å². The van der Waals surface area contributed by atoms with Crippen molar-refractivity contribution in [3.8, 4) is 34.0 Å². The summed E-state index contributed by atoms with van der Waals surface area (Å²) in [7, 11) is -2.29. The van der Waals surface area contributed by atoms with E-state index in [9.17, 15) is 36.0 Å². The van der Waals surface area contributed by atoms with Crippen LogP contribution in [0.4, 0.5) is 11.4 Å². The molecular formula is C52H52Cl2N10O10S2. The first-order chi connectivity index (χ1) is 36.1. The molecule has 0 aliphatic carbocycles. The zero-order valence-corrected chi connectivity index (χ0v) is 45.4. The average molecular weight is 1110 g/mol. The van der Waals surface area contributed by atoms with Gasteiger partial charge < -0.3 is 20.1 Å². The van der Waals surface area contributed by atoms with Crippen LogP contribution >= 0.6 is 23.2 Å².